The predicted molar refractivity (Wildman–Crippen MR) is 199 cm³/mol. The van der Waals surface area contributed by atoms with Crippen molar-refractivity contribution in [3.8, 4) is 0 Å². The van der Waals surface area contributed by atoms with Gasteiger partial charge in [-0.2, -0.15) is 5.10 Å². The van der Waals surface area contributed by atoms with Gasteiger partial charge in [-0.1, -0.05) is 12.1 Å². The van der Waals surface area contributed by atoms with E-state index in [1.807, 2.05) is 23.6 Å². The normalized spacial score (nSPS) is 17.9. The maximum absolute atomic E-state index is 13.1. The van der Waals surface area contributed by atoms with Crippen LogP contribution in [0.2, 0.25) is 0 Å². The minimum atomic E-state index is -0.400. The highest BCUT2D eigenvalue weighted by Gasteiger charge is 2.29. The first-order valence-corrected chi connectivity index (χ1v) is 17.9. The van der Waals surface area contributed by atoms with E-state index >= 15 is 0 Å². The van der Waals surface area contributed by atoms with Crippen molar-refractivity contribution in [3.05, 3.63) is 95.8 Å². The number of aromatic nitrogens is 5. The Bertz CT molecular complexity index is 2200. The van der Waals surface area contributed by atoms with Gasteiger partial charge in [-0.05, 0) is 74.3 Å². The van der Waals surface area contributed by atoms with Gasteiger partial charge in [0.05, 0.1) is 36.4 Å². The number of pyridine rings is 2. The minimum absolute atomic E-state index is 0.0325. The molecule has 15 heteroatoms. The van der Waals surface area contributed by atoms with Crippen molar-refractivity contribution in [2.45, 2.75) is 51.4 Å². The fourth-order valence-corrected chi connectivity index (χ4v) is 7.52. The number of imide groups is 1. The molecule has 3 aliphatic rings. The van der Waals surface area contributed by atoms with E-state index in [4.69, 9.17) is 0 Å². The third-order valence-electron chi connectivity index (χ3n) is 10.4. The number of carbonyl (C=O) groups excluding carboxylic acids is 4. The molecule has 8 rings (SSSR count). The molecule has 4 aromatic heterocycles. The van der Waals surface area contributed by atoms with Crippen molar-refractivity contribution in [2.24, 2.45) is 0 Å². The highest BCUT2D eigenvalue weighted by atomic mass is 16.2. The molecule has 7 heterocycles. The molecule has 0 spiro atoms. The number of benzene rings is 1. The van der Waals surface area contributed by atoms with Crippen LogP contribution in [0.3, 0.4) is 0 Å². The third-order valence-corrected chi connectivity index (χ3v) is 10.4. The van der Waals surface area contributed by atoms with Crippen LogP contribution in [0.15, 0.2) is 73.3 Å². The van der Waals surface area contributed by atoms with E-state index in [0.717, 1.165) is 48.1 Å². The first-order valence-electron chi connectivity index (χ1n) is 17.9. The molecule has 1 atom stereocenters. The molecule has 3 aliphatic heterocycles. The second kappa shape index (κ2) is 14.1. The number of piperidine rings is 1. The van der Waals surface area contributed by atoms with Gasteiger partial charge in [-0.25, -0.2) is 9.78 Å². The van der Waals surface area contributed by atoms with Gasteiger partial charge in [0.25, 0.3) is 11.8 Å². The second-order valence-electron chi connectivity index (χ2n) is 14.0. The Morgan fingerprint density at radius 3 is 2.62 bits per heavy atom. The molecular formula is C38H41N11O4. The molecule has 53 heavy (non-hydrogen) atoms. The number of fused-ring (bicyclic) bond motifs is 3. The summed E-state index contributed by atoms with van der Waals surface area (Å²) >= 11 is 0. The van der Waals surface area contributed by atoms with Gasteiger partial charge >= 0.3 is 6.03 Å². The summed E-state index contributed by atoms with van der Waals surface area (Å²) < 4.78 is 3.68. The van der Waals surface area contributed by atoms with Crippen LogP contribution < -0.4 is 25.8 Å². The van der Waals surface area contributed by atoms with Gasteiger partial charge < -0.3 is 20.1 Å². The maximum Gasteiger partial charge on any atom is 0.328 e. The van der Waals surface area contributed by atoms with Crippen molar-refractivity contribution in [1.82, 2.24) is 39.8 Å². The first-order chi connectivity index (χ1) is 25.7. The highest BCUT2D eigenvalue weighted by molar-refractivity contribution is 6.06. The number of rotatable bonds is 9. The van der Waals surface area contributed by atoms with Crippen LogP contribution in [0.1, 0.15) is 64.3 Å². The predicted octanol–water partition coefficient (Wildman–Crippen LogP) is 3.78. The quantitative estimate of drug-likeness (QED) is 0.206. The van der Waals surface area contributed by atoms with E-state index in [0.29, 0.717) is 49.2 Å². The Kier molecular flexibility index (Phi) is 9.08. The van der Waals surface area contributed by atoms with Gasteiger partial charge in [0.1, 0.15) is 17.0 Å². The van der Waals surface area contributed by atoms with Crippen molar-refractivity contribution in [3.63, 3.8) is 0 Å². The SMILES string of the molecule is C[C@@H]1CNC(=O)c2cc3ccc(C(=O)Nc4cnn(Cc5ccc(N6CCC(N(C)Cc7ccncc7N7CCC(=O)NC7=O)CC6)cc5)c4)nc3n21. The van der Waals surface area contributed by atoms with Gasteiger partial charge in [0.2, 0.25) is 5.91 Å². The lowest BCUT2D eigenvalue weighted by molar-refractivity contribution is -0.120. The Balaban J connectivity index is 0.839. The third kappa shape index (κ3) is 6.94. The molecule has 1 aromatic carbocycles. The minimum Gasteiger partial charge on any atom is -0.371 e. The van der Waals surface area contributed by atoms with Crippen molar-refractivity contribution in [1.29, 1.82) is 0 Å². The molecule has 2 saturated heterocycles. The fourth-order valence-electron chi connectivity index (χ4n) is 7.52. The Morgan fingerprint density at radius 1 is 1.02 bits per heavy atom. The zero-order valence-electron chi connectivity index (χ0n) is 29.7. The Hall–Kier alpha value is -6.09. The fraction of sp³-hybridized carbons (Fsp3) is 0.342. The molecule has 0 radical (unpaired) electrons. The molecule has 5 aromatic rings. The van der Waals surface area contributed by atoms with E-state index in [2.05, 4.69) is 72.1 Å². The summed E-state index contributed by atoms with van der Waals surface area (Å²) in [6.45, 7) is 5.96. The number of carbonyl (C=O) groups is 4. The van der Waals surface area contributed by atoms with Crippen molar-refractivity contribution in [2.75, 3.05) is 48.3 Å². The summed E-state index contributed by atoms with van der Waals surface area (Å²) in [6.07, 6.45) is 9.16. The highest BCUT2D eigenvalue weighted by Crippen LogP contribution is 2.28. The smallest absolute Gasteiger partial charge is 0.328 e. The van der Waals surface area contributed by atoms with Crippen LogP contribution in [0.5, 0.6) is 0 Å². The molecule has 5 amide bonds. The summed E-state index contributed by atoms with van der Waals surface area (Å²) in [5.74, 6) is -0.736. The molecule has 0 aliphatic carbocycles. The standard InChI is InChI=1S/C38H41N11O4/c1-24-18-40-37(52)32-17-26-5-8-31(43-35(26)49(24)32)36(51)42-28-19-41-47(23-28)21-25-3-6-30(7-4-25)46-14-10-29(11-15-46)45(2)22-27-9-13-39-20-33(27)48-16-12-34(50)44-38(48)53/h3-9,13,17,19-20,23-24,29H,10-12,14-16,18,21-22H2,1-2H3,(H,40,52)(H,42,51)(H,44,50,53)/t24-/m1/s1. The number of amides is 5. The average Bonchev–Trinajstić information content (AvgIpc) is 3.78. The van der Waals surface area contributed by atoms with Crippen LogP contribution >= 0.6 is 0 Å². The summed E-state index contributed by atoms with van der Waals surface area (Å²) in [5, 5.41) is 13.5. The summed E-state index contributed by atoms with van der Waals surface area (Å²) in [5.41, 5.74) is 6.02. The zero-order valence-corrected chi connectivity index (χ0v) is 29.7. The zero-order chi connectivity index (χ0) is 36.6. The topological polar surface area (TPSA) is 163 Å². The lowest BCUT2D eigenvalue weighted by Crippen LogP contribution is -2.50. The van der Waals surface area contributed by atoms with Crippen molar-refractivity contribution >= 4 is 51.8 Å². The number of urea groups is 1. The van der Waals surface area contributed by atoms with Gasteiger partial charge in [0, 0.05) is 68.7 Å². The molecule has 0 bridgehead atoms. The van der Waals surface area contributed by atoms with Crippen LogP contribution in [0.25, 0.3) is 11.0 Å². The van der Waals surface area contributed by atoms with E-state index in [1.165, 1.54) is 5.69 Å². The molecule has 15 nitrogen and oxygen atoms in total. The number of nitrogens with zero attached hydrogens (tertiary/aromatic N) is 8. The largest absolute Gasteiger partial charge is 0.371 e. The maximum atomic E-state index is 13.1. The van der Waals surface area contributed by atoms with Gasteiger partial charge in [-0.15, -0.1) is 0 Å². The second-order valence-corrected chi connectivity index (χ2v) is 14.0. The van der Waals surface area contributed by atoms with E-state index in [-0.39, 0.29) is 35.9 Å². The molecule has 2 fully saturated rings. The lowest BCUT2D eigenvalue weighted by Gasteiger charge is -2.38. The summed E-state index contributed by atoms with van der Waals surface area (Å²) in [4.78, 5) is 64.9. The number of anilines is 3. The lowest BCUT2D eigenvalue weighted by atomic mass is 10.0. The molecule has 0 unspecified atom stereocenters. The van der Waals surface area contributed by atoms with Crippen LogP contribution in [0.4, 0.5) is 21.9 Å². The summed E-state index contributed by atoms with van der Waals surface area (Å²) in [6, 6.07) is 15.8. The van der Waals surface area contributed by atoms with Gasteiger partial charge in [-0.3, -0.25) is 39.2 Å². The molecule has 3 N–H and O–H groups in total. The summed E-state index contributed by atoms with van der Waals surface area (Å²) in [7, 11) is 2.12. The molecule has 0 saturated carbocycles. The Labute approximate surface area is 306 Å². The monoisotopic (exact) mass is 715 g/mol. The van der Waals surface area contributed by atoms with E-state index < -0.39 is 6.03 Å². The van der Waals surface area contributed by atoms with Crippen LogP contribution in [-0.2, 0) is 17.9 Å². The van der Waals surface area contributed by atoms with Crippen LogP contribution in [0, 0.1) is 0 Å². The molecular weight excluding hydrogens is 674 g/mol. The number of hydrogen-bond donors (Lipinski definition) is 3. The number of hydrogen-bond acceptors (Lipinski definition) is 9. The number of nitrogens with one attached hydrogen (secondary N) is 3. The van der Waals surface area contributed by atoms with E-state index in [1.54, 1.807) is 46.5 Å². The molecule has 272 valence electrons. The van der Waals surface area contributed by atoms with Gasteiger partial charge in [0.15, 0.2) is 0 Å². The van der Waals surface area contributed by atoms with Crippen LogP contribution in [-0.4, -0.2) is 92.2 Å². The van der Waals surface area contributed by atoms with E-state index in [9.17, 15) is 19.2 Å². The Morgan fingerprint density at radius 2 is 1.83 bits per heavy atom. The van der Waals surface area contributed by atoms with Crippen molar-refractivity contribution < 1.29 is 19.2 Å². The first kappa shape index (κ1) is 34.0. The average molecular weight is 716 g/mol.